The van der Waals surface area contributed by atoms with Crippen LogP contribution in [0.2, 0.25) is 0 Å². The fourth-order valence-electron chi connectivity index (χ4n) is 1.48. The Morgan fingerprint density at radius 3 is 2.37 bits per heavy atom. The number of rotatable bonds is 4. The Balaban J connectivity index is 2.18. The Bertz CT molecular complexity index is 630. The number of halogens is 2. The van der Waals surface area contributed by atoms with E-state index in [1.54, 1.807) is 0 Å². The molecule has 4 nitrogen and oxygen atoms in total. The molecule has 0 aliphatic carbocycles. The first-order chi connectivity index (χ1) is 9.09. The Kier molecular flexibility index (Phi) is 3.70. The SMILES string of the molecule is O=C(CC(=O)c1cccc(F)c1F)c1ncccn1. The summed E-state index contributed by atoms with van der Waals surface area (Å²) in [6.07, 6.45) is 2.10. The summed E-state index contributed by atoms with van der Waals surface area (Å²) in [5.41, 5.74) is -0.454. The van der Waals surface area contributed by atoms with Crippen LogP contribution in [0, 0.1) is 11.6 Å². The van der Waals surface area contributed by atoms with E-state index >= 15 is 0 Å². The molecule has 0 saturated heterocycles. The first-order valence-electron chi connectivity index (χ1n) is 5.37. The maximum absolute atomic E-state index is 13.4. The molecule has 0 aliphatic heterocycles. The van der Waals surface area contributed by atoms with Gasteiger partial charge in [0.1, 0.15) is 0 Å². The maximum atomic E-state index is 13.4. The molecule has 0 unspecified atom stereocenters. The number of Topliss-reactive ketones (excluding diaryl/α,β-unsaturated/α-hetero) is 2. The summed E-state index contributed by atoms with van der Waals surface area (Å²) in [6, 6.07) is 4.74. The van der Waals surface area contributed by atoms with Crippen molar-refractivity contribution < 1.29 is 18.4 Å². The van der Waals surface area contributed by atoms with Crippen molar-refractivity contribution in [3.8, 4) is 0 Å². The van der Waals surface area contributed by atoms with Gasteiger partial charge in [0.25, 0.3) is 0 Å². The minimum atomic E-state index is -1.26. The first-order valence-corrected chi connectivity index (χ1v) is 5.37. The van der Waals surface area contributed by atoms with Gasteiger partial charge in [0.15, 0.2) is 23.2 Å². The van der Waals surface area contributed by atoms with Crippen LogP contribution < -0.4 is 0 Å². The van der Waals surface area contributed by atoms with Crippen LogP contribution >= 0.6 is 0 Å². The molecule has 0 amide bonds. The Morgan fingerprint density at radius 2 is 1.68 bits per heavy atom. The van der Waals surface area contributed by atoms with Crippen LogP contribution in [0.25, 0.3) is 0 Å². The predicted molar refractivity (Wildman–Crippen MR) is 61.7 cm³/mol. The molecule has 96 valence electrons. The fourth-order valence-corrected chi connectivity index (χ4v) is 1.48. The summed E-state index contributed by atoms with van der Waals surface area (Å²) in [7, 11) is 0. The molecule has 1 aromatic carbocycles. The van der Waals surface area contributed by atoms with E-state index in [9.17, 15) is 18.4 Å². The zero-order valence-electron chi connectivity index (χ0n) is 9.64. The van der Waals surface area contributed by atoms with Crippen LogP contribution in [0.1, 0.15) is 27.4 Å². The molecule has 0 bridgehead atoms. The lowest BCUT2D eigenvalue weighted by Crippen LogP contribution is -2.13. The highest BCUT2D eigenvalue weighted by atomic mass is 19.2. The van der Waals surface area contributed by atoms with E-state index in [0.29, 0.717) is 0 Å². The standard InChI is InChI=1S/C13H8F2N2O2/c14-9-4-1-3-8(12(9)15)10(18)7-11(19)13-16-5-2-6-17-13/h1-6H,7H2. The van der Waals surface area contributed by atoms with Gasteiger partial charge in [0.05, 0.1) is 12.0 Å². The number of nitrogens with zero attached hydrogens (tertiary/aromatic N) is 2. The summed E-state index contributed by atoms with van der Waals surface area (Å²) in [5.74, 6) is -3.97. The molecule has 0 N–H and O–H groups in total. The second kappa shape index (κ2) is 5.43. The summed E-state index contributed by atoms with van der Waals surface area (Å²) >= 11 is 0. The summed E-state index contributed by atoms with van der Waals surface area (Å²) in [6.45, 7) is 0. The highest BCUT2D eigenvalue weighted by Crippen LogP contribution is 2.14. The third-order valence-electron chi connectivity index (χ3n) is 2.39. The number of hydrogen-bond acceptors (Lipinski definition) is 4. The normalized spacial score (nSPS) is 10.2. The highest BCUT2D eigenvalue weighted by molar-refractivity contribution is 6.12. The van der Waals surface area contributed by atoms with Crippen LogP contribution in [0.15, 0.2) is 36.7 Å². The molecule has 0 aliphatic rings. The third kappa shape index (κ3) is 2.85. The van der Waals surface area contributed by atoms with E-state index < -0.39 is 35.2 Å². The topological polar surface area (TPSA) is 59.9 Å². The lowest BCUT2D eigenvalue weighted by molar-refractivity contribution is 0.0885. The number of benzene rings is 1. The second-order valence-corrected chi connectivity index (χ2v) is 3.70. The molecule has 19 heavy (non-hydrogen) atoms. The summed E-state index contributed by atoms with van der Waals surface area (Å²) in [4.78, 5) is 30.8. The minimum Gasteiger partial charge on any atom is -0.294 e. The van der Waals surface area contributed by atoms with Crippen molar-refractivity contribution in [2.24, 2.45) is 0 Å². The second-order valence-electron chi connectivity index (χ2n) is 3.70. The average molecular weight is 262 g/mol. The van der Waals surface area contributed by atoms with Crippen molar-refractivity contribution in [3.05, 3.63) is 59.7 Å². The Labute approximate surface area is 107 Å². The lowest BCUT2D eigenvalue weighted by atomic mass is 10.0. The maximum Gasteiger partial charge on any atom is 0.207 e. The molecule has 6 heteroatoms. The van der Waals surface area contributed by atoms with E-state index in [-0.39, 0.29) is 5.82 Å². The minimum absolute atomic E-state index is 0.132. The van der Waals surface area contributed by atoms with Crippen molar-refractivity contribution in [2.45, 2.75) is 6.42 Å². The fraction of sp³-hybridized carbons (Fsp3) is 0.0769. The van der Waals surface area contributed by atoms with Gasteiger partial charge in [-0.05, 0) is 18.2 Å². The third-order valence-corrected chi connectivity index (χ3v) is 2.39. The zero-order valence-corrected chi connectivity index (χ0v) is 9.64. The molecule has 1 heterocycles. The van der Waals surface area contributed by atoms with Gasteiger partial charge < -0.3 is 0 Å². The van der Waals surface area contributed by atoms with Gasteiger partial charge in [-0.15, -0.1) is 0 Å². The molecule has 0 saturated carbocycles. The monoisotopic (exact) mass is 262 g/mol. The van der Waals surface area contributed by atoms with Gasteiger partial charge in [-0.1, -0.05) is 6.07 Å². The number of aromatic nitrogens is 2. The molecule has 0 radical (unpaired) electrons. The quantitative estimate of drug-likeness (QED) is 0.626. The number of carbonyl (C=O) groups is 2. The highest BCUT2D eigenvalue weighted by Gasteiger charge is 2.19. The van der Waals surface area contributed by atoms with Gasteiger partial charge in [-0.3, -0.25) is 9.59 Å². The van der Waals surface area contributed by atoms with E-state index in [4.69, 9.17) is 0 Å². The predicted octanol–water partition coefficient (Wildman–Crippen LogP) is 2.21. The van der Waals surface area contributed by atoms with Crippen molar-refractivity contribution >= 4 is 11.6 Å². The van der Waals surface area contributed by atoms with Crippen LogP contribution in [0.4, 0.5) is 8.78 Å². The molecule has 0 spiro atoms. The van der Waals surface area contributed by atoms with E-state index in [1.165, 1.54) is 24.5 Å². The smallest absolute Gasteiger partial charge is 0.207 e. The largest absolute Gasteiger partial charge is 0.294 e. The van der Waals surface area contributed by atoms with Crippen LogP contribution in [-0.4, -0.2) is 21.5 Å². The van der Waals surface area contributed by atoms with Crippen LogP contribution in [0.5, 0.6) is 0 Å². The molecule has 1 aromatic heterocycles. The van der Waals surface area contributed by atoms with E-state index in [2.05, 4.69) is 9.97 Å². The average Bonchev–Trinajstić information content (AvgIpc) is 2.42. The Morgan fingerprint density at radius 1 is 1.00 bits per heavy atom. The van der Waals surface area contributed by atoms with E-state index in [1.807, 2.05) is 0 Å². The number of hydrogen-bond donors (Lipinski definition) is 0. The van der Waals surface area contributed by atoms with Crippen molar-refractivity contribution in [1.29, 1.82) is 0 Å². The van der Waals surface area contributed by atoms with Crippen LogP contribution in [0.3, 0.4) is 0 Å². The zero-order chi connectivity index (χ0) is 13.8. The number of carbonyl (C=O) groups excluding carboxylic acids is 2. The molecular formula is C13H8F2N2O2. The molecule has 0 atom stereocenters. The van der Waals surface area contributed by atoms with Gasteiger partial charge in [0.2, 0.25) is 5.78 Å². The van der Waals surface area contributed by atoms with Crippen LogP contribution in [-0.2, 0) is 0 Å². The lowest BCUT2D eigenvalue weighted by Gasteiger charge is -2.02. The molecule has 2 aromatic rings. The van der Waals surface area contributed by atoms with Gasteiger partial charge in [-0.25, -0.2) is 18.7 Å². The molecule has 0 fully saturated rings. The van der Waals surface area contributed by atoms with Gasteiger partial charge in [-0.2, -0.15) is 0 Å². The van der Waals surface area contributed by atoms with Gasteiger partial charge >= 0.3 is 0 Å². The van der Waals surface area contributed by atoms with E-state index in [0.717, 1.165) is 12.1 Å². The first kappa shape index (κ1) is 12.9. The Hall–Kier alpha value is -2.50. The molecule has 2 rings (SSSR count). The summed E-state index contributed by atoms with van der Waals surface area (Å²) < 4.78 is 26.3. The molecular weight excluding hydrogens is 254 g/mol. The number of ketones is 2. The van der Waals surface area contributed by atoms with Crippen molar-refractivity contribution in [2.75, 3.05) is 0 Å². The van der Waals surface area contributed by atoms with Crippen molar-refractivity contribution in [3.63, 3.8) is 0 Å². The summed E-state index contributed by atoms with van der Waals surface area (Å²) in [5, 5.41) is 0. The van der Waals surface area contributed by atoms with Gasteiger partial charge in [0, 0.05) is 12.4 Å². The van der Waals surface area contributed by atoms with Crippen molar-refractivity contribution in [1.82, 2.24) is 9.97 Å².